The molecule has 0 saturated carbocycles. The summed E-state index contributed by atoms with van der Waals surface area (Å²) in [6.07, 6.45) is 1.96. The minimum absolute atomic E-state index is 0. The Kier molecular flexibility index (Phi) is 10.0. The number of halogens is 1. The number of hydrogen-bond donors (Lipinski definition) is 1. The molecule has 1 unspecified atom stereocenters. The number of likely N-dealkylation sites (N-methyl/N-ethyl adjacent to an activating group) is 1. The molecule has 1 rings (SSSR count). The summed E-state index contributed by atoms with van der Waals surface area (Å²) in [6, 6.07) is 9.94. The van der Waals surface area contributed by atoms with Gasteiger partial charge in [0.05, 0.1) is 6.04 Å². The van der Waals surface area contributed by atoms with Gasteiger partial charge in [0.25, 0.3) is 0 Å². The number of aryl methyl sites for hydroxylation is 1. The molecule has 0 aliphatic heterocycles. The van der Waals surface area contributed by atoms with Crippen LogP contribution in [0, 0.1) is 0 Å². The zero-order valence-electron chi connectivity index (χ0n) is 13.3. The van der Waals surface area contributed by atoms with Crippen LogP contribution in [-0.4, -0.2) is 55.5 Å². The second kappa shape index (κ2) is 10.6. The Hall–Kier alpha value is -1.10. The molecular weight excluding hydrogens is 286 g/mol. The zero-order valence-corrected chi connectivity index (χ0v) is 14.1. The lowest BCUT2D eigenvalue weighted by molar-refractivity contribution is -0.132. The van der Waals surface area contributed by atoms with Gasteiger partial charge >= 0.3 is 0 Å². The highest BCUT2D eigenvalue weighted by atomic mass is 35.5. The van der Waals surface area contributed by atoms with Gasteiger partial charge in [0.15, 0.2) is 0 Å². The number of carbonyl (C=O) groups is 1. The molecule has 2 N–H and O–H groups in total. The van der Waals surface area contributed by atoms with Gasteiger partial charge in [-0.1, -0.05) is 30.3 Å². The number of nitrogens with zero attached hydrogens (tertiary/aromatic N) is 2. The maximum Gasteiger partial charge on any atom is 0.239 e. The van der Waals surface area contributed by atoms with Crippen molar-refractivity contribution < 1.29 is 4.79 Å². The highest BCUT2D eigenvalue weighted by molar-refractivity contribution is 5.85. The van der Waals surface area contributed by atoms with Gasteiger partial charge in [0, 0.05) is 19.6 Å². The first kappa shape index (κ1) is 19.9. The highest BCUT2D eigenvalue weighted by Gasteiger charge is 2.16. The summed E-state index contributed by atoms with van der Waals surface area (Å²) in [4.78, 5) is 16.0. The van der Waals surface area contributed by atoms with Crippen LogP contribution >= 0.6 is 12.4 Å². The number of carbonyl (C=O) groups excluding carboxylic acids is 1. The third kappa shape index (κ3) is 8.05. The minimum Gasteiger partial charge on any atom is -0.340 e. The summed E-state index contributed by atoms with van der Waals surface area (Å²) >= 11 is 0. The van der Waals surface area contributed by atoms with E-state index in [2.05, 4.69) is 17.0 Å². The molecule has 0 aliphatic rings. The molecule has 0 radical (unpaired) electrons. The first-order valence-electron chi connectivity index (χ1n) is 7.23. The smallest absolute Gasteiger partial charge is 0.239 e. The minimum atomic E-state index is -0.422. The predicted molar refractivity (Wildman–Crippen MR) is 90.8 cm³/mol. The van der Waals surface area contributed by atoms with Crippen LogP contribution in [0.25, 0.3) is 0 Å². The van der Waals surface area contributed by atoms with Crippen LogP contribution in [0.5, 0.6) is 0 Å². The quantitative estimate of drug-likeness (QED) is 0.796. The van der Waals surface area contributed by atoms with Crippen molar-refractivity contribution in [2.45, 2.75) is 25.8 Å². The van der Waals surface area contributed by atoms with E-state index in [4.69, 9.17) is 5.73 Å². The molecule has 1 amide bonds. The molecule has 0 bridgehead atoms. The Labute approximate surface area is 134 Å². The van der Waals surface area contributed by atoms with Crippen molar-refractivity contribution in [2.24, 2.45) is 5.73 Å². The van der Waals surface area contributed by atoms with Crippen molar-refractivity contribution in [3.8, 4) is 0 Å². The topological polar surface area (TPSA) is 49.6 Å². The Morgan fingerprint density at radius 1 is 1.14 bits per heavy atom. The van der Waals surface area contributed by atoms with Crippen molar-refractivity contribution in [1.29, 1.82) is 0 Å². The van der Waals surface area contributed by atoms with Crippen LogP contribution in [0.15, 0.2) is 30.3 Å². The Morgan fingerprint density at radius 3 is 2.29 bits per heavy atom. The molecule has 1 atom stereocenters. The van der Waals surface area contributed by atoms with Crippen molar-refractivity contribution in [2.75, 3.05) is 33.7 Å². The van der Waals surface area contributed by atoms with Gasteiger partial charge in [0.2, 0.25) is 5.91 Å². The molecular formula is C16H28ClN3O. The van der Waals surface area contributed by atoms with Gasteiger partial charge in [0.1, 0.15) is 0 Å². The summed E-state index contributed by atoms with van der Waals surface area (Å²) in [5.74, 6) is 0.0416. The fourth-order valence-corrected chi connectivity index (χ4v) is 2.06. The average molecular weight is 314 g/mol. The van der Waals surface area contributed by atoms with E-state index in [9.17, 15) is 4.79 Å². The molecule has 1 aromatic rings. The van der Waals surface area contributed by atoms with E-state index < -0.39 is 6.04 Å². The molecule has 5 heteroatoms. The molecule has 120 valence electrons. The molecule has 21 heavy (non-hydrogen) atoms. The SMILES string of the molecule is CC(N)C(=O)N(CCCc1ccccc1)CCN(C)C.Cl. The number of nitrogens with two attached hydrogens (primary N) is 1. The van der Waals surface area contributed by atoms with Gasteiger partial charge in [-0.25, -0.2) is 0 Å². The van der Waals surface area contributed by atoms with Crippen molar-refractivity contribution in [3.63, 3.8) is 0 Å². The molecule has 4 nitrogen and oxygen atoms in total. The van der Waals surface area contributed by atoms with Crippen LogP contribution in [0.1, 0.15) is 18.9 Å². The molecule has 0 fully saturated rings. The first-order valence-corrected chi connectivity index (χ1v) is 7.23. The van der Waals surface area contributed by atoms with Gasteiger partial charge < -0.3 is 15.5 Å². The summed E-state index contributed by atoms with van der Waals surface area (Å²) in [7, 11) is 4.02. The van der Waals surface area contributed by atoms with Crippen molar-refractivity contribution in [3.05, 3.63) is 35.9 Å². The zero-order chi connectivity index (χ0) is 15.0. The van der Waals surface area contributed by atoms with Crippen LogP contribution in [0.2, 0.25) is 0 Å². The van der Waals surface area contributed by atoms with E-state index >= 15 is 0 Å². The first-order chi connectivity index (χ1) is 9.50. The van der Waals surface area contributed by atoms with Gasteiger partial charge in [-0.15, -0.1) is 12.4 Å². The summed E-state index contributed by atoms with van der Waals surface area (Å²) in [5, 5.41) is 0. The van der Waals surface area contributed by atoms with Crippen LogP contribution < -0.4 is 5.73 Å². The summed E-state index contributed by atoms with van der Waals surface area (Å²) in [5.41, 5.74) is 7.03. The van der Waals surface area contributed by atoms with E-state index in [0.717, 1.165) is 32.5 Å². The molecule has 0 saturated heterocycles. The van der Waals surface area contributed by atoms with Gasteiger partial charge in [-0.05, 0) is 39.4 Å². The summed E-state index contributed by atoms with van der Waals surface area (Å²) < 4.78 is 0. The fraction of sp³-hybridized carbons (Fsp3) is 0.562. The van der Waals surface area contributed by atoms with E-state index in [1.807, 2.05) is 37.2 Å². The second-order valence-electron chi connectivity index (χ2n) is 5.51. The van der Waals surface area contributed by atoms with E-state index in [0.29, 0.717) is 0 Å². The molecule has 0 aliphatic carbocycles. The number of amides is 1. The fourth-order valence-electron chi connectivity index (χ4n) is 2.06. The average Bonchev–Trinajstić information content (AvgIpc) is 2.42. The van der Waals surface area contributed by atoms with Crippen molar-refractivity contribution >= 4 is 18.3 Å². The van der Waals surface area contributed by atoms with Gasteiger partial charge in [-0.3, -0.25) is 4.79 Å². The number of rotatable bonds is 8. The normalized spacial score (nSPS) is 11.9. The van der Waals surface area contributed by atoms with Crippen LogP contribution in [0.3, 0.4) is 0 Å². The molecule has 0 aromatic heterocycles. The molecule has 1 aromatic carbocycles. The van der Waals surface area contributed by atoms with Crippen LogP contribution in [0.4, 0.5) is 0 Å². The standard InChI is InChI=1S/C16H27N3O.ClH/c1-14(17)16(20)19(13-12-18(2)3)11-7-10-15-8-5-4-6-9-15;/h4-6,8-9,14H,7,10-13,17H2,1-3H3;1H. The van der Waals surface area contributed by atoms with Crippen molar-refractivity contribution in [1.82, 2.24) is 9.80 Å². The maximum absolute atomic E-state index is 12.1. The Bertz CT molecular complexity index is 396. The van der Waals surface area contributed by atoms with E-state index in [1.54, 1.807) is 6.92 Å². The third-order valence-electron chi connectivity index (χ3n) is 3.25. The lowest BCUT2D eigenvalue weighted by Crippen LogP contribution is -2.45. The summed E-state index contributed by atoms with van der Waals surface area (Å²) in [6.45, 7) is 4.12. The highest BCUT2D eigenvalue weighted by Crippen LogP contribution is 2.04. The maximum atomic E-state index is 12.1. The Morgan fingerprint density at radius 2 is 1.76 bits per heavy atom. The second-order valence-corrected chi connectivity index (χ2v) is 5.51. The predicted octanol–water partition coefficient (Wildman–Crippen LogP) is 1.78. The third-order valence-corrected chi connectivity index (χ3v) is 3.25. The number of hydrogen-bond acceptors (Lipinski definition) is 3. The molecule has 0 heterocycles. The molecule has 0 spiro atoms. The number of benzene rings is 1. The Balaban J connectivity index is 0.00000400. The lowest BCUT2D eigenvalue weighted by atomic mass is 10.1. The van der Waals surface area contributed by atoms with E-state index in [-0.39, 0.29) is 18.3 Å². The van der Waals surface area contributed by atoms with Crippen LogP contribution in [-0.2, 0) is 11.2 Å². The van der Waals surface area contributed by atoms with Gasteiger partial charge in [-0.2, -0.15) is 0 Å². The largest absolute Gasteiger partial charge is 0.340 e. The monoisotopic (exact) mass is 313 g/mol. The van der Waals surface area contributed by atoms with E-state index in [1.165, 1.54) is 5.56 Å². The lowest BCUT2D eigenvalue weighted by Gasteiger charge is -2.26.